The third kappa shape index (κ3) is 8.37. The SMILES string of the molecule is CCOC(=O)COP(=O)(N[C@@H](CC(C)C)C(=O)OC(C)C)OC[C@H]1O[C@@H](n2cnc3c(OC)nc(N)nc32)[C@](C)(F)[C@@H]1O. The summed E-state index contributed by atoms with van der Waals surface area (Å²) in [6, 6.07) is -1.15. The number of hydrogen-bond donors (Lipinski definition) is 3. The van der Waals surface area contributed by atoms with Crippen LogP contribution in [0.1, 0.15) is 54.2 Å². The summed E-state index contributed by atoms with van der Waals surface area (Å²) in [5.41, 5.74) is 3.59. The van der Waals surface area contributed by atoms with Gasteiger partial charge in [0.15, 0.2) is 29.7 Å². The van der Waals surface area contributed by atoms with E-state index in [0.717, 1.165) is 6.92 Å². The maximum Gasteiger partial charge on any atom is 0.406 e. The van der Waals surface area contributed by atoms with E-state index in [1.54, 1.807) is 20.8 Å². The number of aromatic nitrogens is 4. The number of methoxy groups -OCH3 is 1. The van der Waals surface area contributed by atoms with Crippen LogP contribution in [0.4, 0.5) is 10.3 Å². The molecule has 16 nitrogen and oxygen atoms in total. The van der Waals surface area contributed by atoms with Gasteiger partial charge in [0.05, 0.1) is 32.8 Å². The molecule has 1 aliphatic heterocycles. The van der Waals surface area contributed by atoms with Gasteiger partial charge in [-0.2, -0.15) is 9.97 Å². The van der Waals surface area contributed by atoms with Crippen molar-refractivity contribution < 1.29 is 51.6 Å². The summed E-state index contributed by atoms with van der Waals surface area (Å²) in [5, 5.41) is 13.4. The van der Waals surface area contributed by atoms with Crippen molar-refractivity contribution in [3.8, 4) is 5.88 Å². The quantitative estimate of drug-likeness (QED) is 0.189. The molecule has 6 atom stereocenters. The summed E-state index contributed by atoms with van der Waals surface area (Å²) in [6.45, 7) is 8.24. The average molecular weight is 635 g/mol. The molecule has 242 valence electrons. The zero-order valence-corrected chi connectivity index (χ0v) is 26.1. The van der Waals surface area contributed by atoms with Crippen molar-refractivity contribution in [3.05, 3.63) is 6.33 Å². The molecule has 0 amide bonds. The first-order chi connectivity index (χ1) is 20.1. The first kappa shape index (κ1) is 34.5. The molecule has 0 saturated carbocycles. The Hall–Kier alpha value is -2.95. The van der Waals surface area contributed by atoms with Crippen LogP contribution in [0.15, 0.2) is 6.33 Å². The molecule has 0 spiro atoms. The number of fused-ring (bicyclic) bond motifs is 1. The average Bonchev–Trinajstić information content (AvgIpc) is 3.42. The number of aliphatic hydroxyl groups excluding tert-OH is 1. The van der Waals surface area contributed by atoms with E-state index >= 15 is 4.39 Å². The van der Waals surface area contributed by atoms with Crippen molar-refractivity contribution >= 4 is 36.8 Å². The first-order valence-corrected chi connectivity index (χ1v) is 15.3. The van der Waals surface area contributed by atoms with E-state index in [1.807, 2.05) is 13.8 Å². The highest BCUT2D eigenvalue weighted by Crippen LogP contribution is 2.48. The lowest BCUT2D eigenvalue weighted by Gasteiger charge is -2.27. The predicted octanol–water partition coefficient (Wildman–Crippen LogP) is 2.06. The number of carbonyl (C=O) groups excluding carboxylic acids is 2. The maximum absolute atomic E-state index is 16.0. The Morgan fingerprint density at radius 2 is 1.98 bits per heavy atom. The lowest BCUT2D eigenvalue weighted by atomic mass is 9.98. The van der Waals surface area contributed by atoms with Gasteiger partial charge in [0.25, 0.3) is 0 Å². The van der Waals surface area contributed by atoms with Crippen LogP contribution in [-0.4, -0.2) is 93.5 Å². The highest BCUT2D eigenvalue weighted by Gasteiger charge is 2.56. The molecule has 3 heterocycles. The molecule has 3 rings (SSSR count). The summed E-state index contributed by atoms with van der Waals surface area (Å²) >= 11 is 0. The number of rotatable bonds is 15. The zero-order valence-electron chi connectivity index (χ0n) is 25.2. The van der Waals surface area contributed by atoms with Crippen LogP contribution in [0.5, 0.6) is 5.88 Å². The van der Waals surface area contributed by atoms with Crippen LogP contribution in [0.25, 0.3) is 11.2 Å². The number of halogens is 1. The minimum Gasteiger partial charge on any atom is -0.479 e. The van der Waals surface area contributed by atoms with E-state index in [1.165, 1.54) is 18.0 Å². The number of aliphatic hydroxyl groups is 1. The van der Waals surface area contributed by atoms with Gasteiger partial charge >= 0.3 is 19.7 Å². The van der Waals surface area contributed by atoms with E-state index in [0.29, 0.717) is 0 Å². The van der Waals surface area contributed by atoms with Crippen LogP contribution in [-0.2, 0) is 37.4 Å². The van der Waals surface area contributed by atoms with Gasteiger partial charge in [-0.3, -0.25) is 18.4 Å². The zero-order chi connectivity index (χ0) is 32.1. The normalized spacial score (nSPS) is 24.3. The van der Waals surface area contributed by atoms with Crippen molar-refractivity contribution in [1.29, 1.82) is 0 Å². The Bertz CT molecular complexity index is 1320. The number of nitrogens with one attached hydrogen (secondary N) is 1. The number of esters is 2. The summed E-state index contributed by atoms with van der Waals surface area (Å²) in [6.07, 6.45) is -3.74. The number of imidazole rings is 1. The van der Waals surface area contributed by atoms with Crippen molar-refractivity contribution in [2.75, 3.05) is 32.7 Å². The topological polar surface area (TPSA) is 208 Å². The largest absolute Gasteiger partial charge is 0.479 e. The molecule has 0 aliphatic carbocycles. The van der Waals surface area contributed by atoms with Gasteiger partial charge in [-0.15, -0.1) is 0 Å². The molecular formula is C25H40FN6O10P. The minimum absolute atomic E-state index is 0.0431. The van der Waals surface area contributed by atoms with Gasteiger partial charge in [0.1, 0.15) is 18.2 Å². The number of hydrogen-bond acceptors (Lipinski definition) is 14. The monoisotopic (exact) mass is 634 g/mol. The van der Waals surface area contributed by atoms with Gasteiger partial charge in [-0.05, 0) is 40.0 Å². The molecule has 1 unspecified atom stereocenters. The predicted molar refractivity (Wildman–Crippen MR) is 149 cm³/mol. The second-order valence-electron chi connectivity index (χ2n) is 10.7. The number of alkyl halides is 1. The lowest BCUT2D eigenvalue weighted by molar-refractivity contribution is -0.150. The third-order valence-corrected chi connectivity index (χ3v) is 7.88. The minimum atomic E-state index is -4.50. The van der Waals surface area contributed by atoms with E-state index in [2.05, 4.69) is 20.0 Å². The summed E-state index contributed by atoms with van der Waals surface area (Å²) < 4.78 is 63.1. The molecule has 2 aromatic heterocycles. The van der Waals surface area contributed by atoms with Crippen molar-refractivity contribution in [2.45, 2.75) is 84.2 Å². The van der Waals surface area contributed by atoms with Gasteiger partial charge in [0.2, 0.25) is 11.8 Å². The van der Waals surface area contributed by atoms with E-state index < -0.39 is 69.1 Å². The van der Waals surface area contributed by atoms with Crippen LogP contribution < -0.4 is 15.6 Å². The fourth-order valence-corrected chi connectivity index (χ4v) is 5.81. The highest BCUT2D eigenvalue weighted by molar-refractivity contribution is 7.51. The summed E-state index contributed by atoms with van der Waals surface area (Å²) in [7, 11) is -3.15. The molecule has 4 N–H and O–H groups in total. The number of nitrogens with two attached hydrogens (primary N) is 1. The number of carbonyl (C=O) groups is 2. The Morgan fingerprint density at radius 1 is 1.28 bits per heavy atom. The maximum atomic E-state index is 16.0. The lowest BCUT2D eigenvalue weighted by Crippen LogP contribution is -2.42. The summed E-state index contributed by atoms with van der Waals surface area (Å²) in [4.78, 5) is 37.0. The van der Waals surface area contributed by atoms with Crippen LogP contribution in [0, 0.1) is 5.92 Å². The van der Waals surface area contributed by atoms with Crippen LogP contribution in [0.2, 0.25) is 0 Å². The fraction of sp³-hybridized carbons (Fsp3) is 0.720. The molecule has 2 aromatic rings. The second-order valence-corrected chi connectivity index (χ2v) is 12.5. The third-order valence-electron chi connectivity index (χ3n) is 6.29. The van der Waals surface area contributed by atoms with E-state index in [9.17, 15) is 19.3 Å². The smallest absolute Gasteiger partial charge is 0.406 e. The van der Waals surface area contributed by atoms with Gasteiger partial charge in [-0.25, -0.2) is 23.8 Å². The van der Waals surface area contributed by atoms with Gasteiger partial charge in [-0.1, -0.05) is 13.8 Å². The van der Waals surface area contributed by atoms with Crippen LogP contribution in [0.3, 0.4) is 0 Å². The molecule has 0 aromatic carbocycles. The molecule has 43 heavy (non-hydrogen) atoms. The Kier molecular flexibility index (Phi) is 11.4. The Labute approximate surface area is 248 Å². The van der Waals surface area contributed by atoms with E-state index in [4.69, 9.17) is 33.7 Å². The molecule has 0 radical (unpaired) electrons. The molecule has 1 fully saturated rings. The van der Waals surface area contributed by atoms with Gasteiger partial charge < -0.3 is 29.8 Å². The molecular weight excluding hydrogens is 594 g/mol. The van der Waals surface area contributed by atoms with Gasteiger partial charge in [0, 0.05) is 0 Å². The highest BCUT2D eigenvalue weighted by atomic mass is 31.2. The number of ether oxygens (including phenoxy) is 4. The number of nitrogens with zero attached hydrogens (tertiary/aromatic N) is 4. The molecule has 1 saturated heterocycles. The van der Waals surface area contributed by atoms with Crippen molar-refractivity contribution in [3.63, 3.8) is 0 Å². The summed E-state index contributed by atoms with van der Waals surface area (Å²) in [5.74, 6) is -1.72. The second kappa shape index (κ2) is 14.2. The standard InChI is InChI=1S/C25H40FN6O10P/c1-8-38-17(33)11-40-43(36,31-15(9-13(2)3)22(35)41-14(4)5)39-10-16-19(34)25(6,26)23(42-16)32-12-28-18-20(32)29-24(27)30-21(18)37-7/h12-16,19,23,34H,8-11H2,1-7H3,(H,31,36)(H2,27,29,30)/t15-,16+,19+,23+,25+,43?/m0/s1. The number of nitrogen functional groups attached to an aromatic ring is 1. The fourth-order valence-electron chi connectivity index (χ4n) is 4.37. The molecule has 18 heteroatoms. The molecule has 1 aliphatic rings. The van der Waals surface area contributed by atoms with E-state index in [-0.39, 0.29) is 41.9 Å². The Morgan fingerprint density at radius 3 is 2.58 bits per heavy atom. The molecule has 0 bridgehead atoms. The number of anilines is 1. The van der Waals surface area contributed by atoms with Crippen LogP contribution >= 0.6 is 7.75 Å². The van der Waals surface area contributed by atoms with Crippen molar-refractivity contribution in [2.24, 2.45) is 5.92 Å². The first-order valence-electron chi connectivity index (χ1n) is 13.7. The van der Waals surface area contributed by atoms with Crippen molar-refractivity contribution in [1.82, 2.24) is 24.6 Å². The Balaban J connectivity index is 1.86.